The number of ketones is 1. The Kier molecular flexibility index (Phi) is 9.14. The number of hydrogen-bond donors (Lipinski definition) is 0. The topological polar surface area (TPSA) is 84.7 Å². The number of alkyl halides is 3. The first-order chi connectivity index (χ1) is 20.4. The van der Waals surface area contributed by atoms with Gasteiger partial charge in [0.2, 0.25) is 0 Å². The van der Waals surface area contributed by atoms with E-state index in [1.807, 2.05) is 6.92 Å². The molecule has 8 nitrogen and oxygen atoms in total. The van der Waals surface area contributed by atoms with Crippen molar-refractivity contribution in [3.63, 3.8) is 0 Å². The smallest absolute Gasteiger partial charge is 0.410 e. The lowest BCUT2D eigenvalue weighted by atomic mass is 9.85. The molecule has 1 aliphatic rings. The minimum absolute atomic E-state index is 0.131. The number of Topliss-reactive ketones (excluding diaryl/α,β-unsaturated/α-hetero) is 1. The zero-order valence-electron chi connectivity index (χ0n) is 26.0. The van der Waals surface area contributed by atoms with E-state index in [4.69, 9.17) is 4.74 Å². The summed E-state index contributed by atoms with van der Waals surface area (Å²) in [5, 5.41) is 0.545. The van der Waals surface area contributed by atoms with Crippen LogP contribution in [0.2, 0.25) is 0 Å². The van der Waals surface area contributed by atoms with Gasteiger partial charge in [-0.1, -0.05) is 0 Å². The molecular weight excluding hydrogens is 580 g/mol. The molecule has 238 valence electrons. The monoisotopic (exact) mass is 618 g/mol. The van der Waals surface area contributed by atoms with E-state index in [9.17, 15) is 31.9 Å². The van der Waals surface area contributed by atoms with E-state index in [0.29, 0.717) is 46.4 Å². The molecule has 3 aromatic rings. The highest BCUT2D eigenvalue weighted by atomic mass is 19.4. The Morgan fingerprint density at radius 2 is 1.82 bits per heavy atom. The maximum atomic E-state index is 14.5. The average molecular weight is 619 g/mol. The van der Waals surface area contributed by atoms with Gasteiger partial charge in [0.1, 0.15) is 18.0 Å². The number of benzene rings is 1. The van der Waals surface area contributed by atoms with Crippen molar-refractivity contribution >= 4 is 28.7 Å². The van der Waals surface area contributed by atoms with Crippen LogP contribution >= 0.6 is 0 Å². The van der Waals surface area contributed by atoms with Crippen LogP contribution in [-0.4, -0.2) is 74.1 Å². The summed E-state index contributed by atoms with van der Waals surface area (Å²) in [4.78, 5) is 46.9. The van der Waals surface area contributed by atoms with Crippen LogP contribution in [0.1, 0.15) is 80.8 Å². The van der Waals surface area contributed by atoms with Gasteiger partial charge >= 0.3 is 12.3 Å². The number of pyridine rings is 1. The molecule has 12 heteroatoms. The Balaban J connectivity index is 1.76. The van der Waals surface area contributed by atoms with Gasteiger partial charge in [0, 0.05) is 47.4 Å². The number of aromatic nitrogens is 2. The summed E-state index contributed by atoms with van der Waals surface area (Å²) in [7, 11) is 0. The highest BCUT2D eigenvalue weighted by molar-refractivity contribution is 6.11. The van der Waals surface area contributed by atoms with Crippen molar-refractivity contribution < 1.29 is 36.7 Å². The summed E-state index contributed by atoms with van der Waals surface area (Å²) in [5.41, 5.74) is 0.463. The molecule has 3 heterocycles. The normalized spacial score (nSPS) is 17.7. The van der Waals surface area contributed by atoms with Crippen molar-refractivity contribution in [2.24, 2.45) is 5.92 Å². The number of amides is 2. The highest BCUT2D eigenvalue weighted by Crippen LogP contribution is 2.36. The van der Waals surface area contributed by atoms with Gasteiger partial charge in [-0.15, -0.1) is 0 Å². The molecule has 0 saturated carbocycles. The predicted octanol–water partition coefficient (Wildman–Crippen LogP) is 7.10. The number of carbonyl (C=O) groups is 3. The fourth-order valence-electron chi connectivity index (χ4n) is 5.80. The summed E-state index contributed by atoms with van der Waals surface area (Å²) >= 11 is 0. The number of rotatable bonds is 6. The van der Waals surface area contributed by atoms with Gasteiger partial charge in [-0.05, 0) is 85.6 Å². The molecule has 2 atom stereocenters. The Labute approximate surface area is 254 Å². The van der Waals surface area contributed by atoms with Gasteiger partial charge in [0.25, 0.3) is 5.91 Å². The minimum atomic E-state index is -4.66. The summed E-state index contributed by atoms with van der Waals surface area (Å²) in [6.45, 7) is 10.6. The third-order valence-corrected chi connectivity index (χ3v) is 7.79. The molecular formula is C32H38F4N4O4. The van der Waals surface area contributed by atoms with Crippen LogP contribution in [0.4, 0.5) is 22.4 Å². The zero-order valence-corrected chi connectivity index (χ0v) is 26.0. The van der Waals surface area contributed by atoms with Gasteiger partial charge in [-0.2, -0.15) is 13.2 Å². The third kappa shape index (κ3) is 6.89. The lowest BCUT2D eigenvalue weighted by Gasteiger charge is -2.37. The van der Waals surface area contributed by atoms with Gasteiger partial charge in [0.05, 0.1) is 23.0 Å². The maximum absolute atomic E-state index is 14.5. The number of nitrogens with zero attached hydrogens (tertiary/aromatic N) is 4. The Bertz CT molecular complexity index is 1570. The molecule has 0 unspecified atom stereocenters. The molecule has 0 radical (unpaired) electrons. The number of piperidine rings is 1. The summed E-state index contributed by atoms with van der Waals surface area (Å²) in [5.74, 6) is -2.37. The second-order valence-electron chi connectivity index (χ2n) is 12.6. The van der Waals surface area contributed by atoms with E-state index in [1.165, 1.54) is 32.3 Å². The van der Waals surface area contributed by atoms with Crippen LogP contribution in [0.25, 0.3) is 16.6 Å². The number of halogens is 4. The van der Waals surface area contributed by atoms with Crippen molar-refractivity contribution in [1.82, 2.24) is 19.4 Å². The first-order valence-electron chi connectivity index (χ1n) is 14.6. The third-order valence-electron chi connectivity index (χ3n) is 7.79. The molecule has 1 saturated heterocycles. The van der Waals surface area contributed by atoms with Crippen molar-refractivity contribution in [2.75, 3.05) is 13.1 Å². The lowest BCUT2D eigenvalue weighted by molar-refractivity contribution is -0.143. The van der Waals surface area contributed by atoms with Crippen molar-refractivity contribution in [2.45, 2.75) is 85.2 Å². The van der Waals surface area contributed by atoms with Crippen LogP contribution < -0.4 is 0 Å². The highest BCUT2D eigenvalue weighted by Gasteiger charge is 2.38. The van der Waals surface area contributed by atoms with Crippen LogP contribution in [0.15, 0.2) is 36.7 Å². The van der Waals surface area contributed by atoms with Crippen LogP contribution in [0.5, 0.6) is 0 Å². The zero-order chi connectivity index (χ0) is 32.7. The molecule has 2 aromatic heterocycles. The number of hydrogen-bond acceptors (Lipinski definition) is 5. The maximum Gasteiger partial charge on any atom is 0.410 e. The van der Waals surface area contributed by atoms with Crippen LogP contribution in [0.3, 0.4) is 0 Å². The van der Waals surface area contributed by atoms with E-state index in [-0.39, 0.29) is 23.1 Å². The molecule has 0 spiro atoms. The SMILES string of the molecule is Cc1c(C(=O)[C@H]2CCN(C(=O)OC(C)(C)C)[C@H](C)C2)c2ccncc2n1-c1ccc(F)cc1C(=O)N(CC(F)(F)F)C(C)C. The van der Waals surface area contributed by atoms with Crippen molar-refractivity contribution in [1.29, 1.82) is 0 Å². The van der Waals surface area contributed by atoms with Crippen molar-refractivity contribution in [3.05, 3.63) is 59.3 Å². The number of likely N-dealkylation sites (tertiary alicyclic amines) is 1. The molecule has 2 amide bonds. The second kappa shape index (κ2) is 12.2. The van der Waals surface area contributed by atoms with E-state index in [0.717, 1.165) is 12.1 Å². The van der Waals surface area contributed by atoms with E-state index < -0.39 is 48.1 Å². The minimum Gasteiger partial charge on any atom is -0.444 e. The molecule has 1 aromatic carbocycles. The van der Waals surface area contributed by atoms with Crippen LogP contribution in [-0.2, 0) is 4.74 Å². The summed E-state index contributed by atoms with van der Waals surface area (Å²) < 4.78 is 61.9. The Morgan fingerprint density at radius 3 is 2.41 bits per heavy atom. The first-order valence-corrected chi connectivity index (χ1v) is 14.6. The summed E-state index contributed by atoms with van der Waals surface area (Å²) in [6, 6.07) is 3.94. The Morgan fingerprint density at radius 1 is 1.14 bits per heavy atom. The molecule has 0 N–H and O–H groups in total. The van der Waals surface area contributed by atoms with Crippen LogP contribution in [0, 0.1) is 18.7 Å². The number of carbonyl (C=O) groups excluding carboxylic acids is 3. The number of ether oxygens (including phenoxy) is 1. The molecule has 4 rings (SSSR count). The predicted molar refractivity (Wildman–Crippen MR) is 157 cm³/mol. The van der Waals surface area contributed by atoms with Gasteiger partial charge in [-0.25, -0.2) is 9.18 Å². The Hall–Kier alpha value is -3.96. The first kappa shape index (κ1) is 32.9. The lowest BCUT2D eigenvalue weighted by Crippen LogP contribution is -2.48. The molecule has 0 bridgehead atoms. The quantitative estimate of drug-likeness (QED) is 0.217. The summed E-state index contributed by atoms with van der Waals surface area (Å²) in [6.07, 6.45) is -1.28. The van der Waals surface area contributed by atoms with E-state index >= 15 is 0 Å². The van der Waals surface area contributed by atoms with Gasteiger partial charge in [-0.3, -0.25) is 14.6 Å². The van der Waals surface area contributed by atoms with E-state index in [1.54, 1.807) is 43.2 Å². The molecule has 1 fully saturated rings. The fraction of sp³-hybridized carbons (Fsp3) is 0.500. The largest absolute Gasteiger partial charge is 0.444 e. The standard InChI is InChI=1S/C32H38F4N4O4/c1-18(2)39(17-32(34,35)36)29(42)24-15-22(33)8-9-25(24)40-20(4)27(23-10-12-37-16-26(23)40)28(41)21-11-13-38(19(3)14-21)30(43)44-31(5,6)7/h8-10,12,15-16,18-19,21H,11,13-14,17H2,1-7H3/t19-,21+/m1/s1. The van der Waals surface area contributed by atoms with E-state index in [2.05, 4.69) is 4.98 Å². The second-order valence-corrected chi connectivity index (χ2v) is 12.6. The fourth-order valence-corrected chi connectivity index (χ4v) is 5.80. The number of fused-ring (bicyclic) bond motifs is 1. The van der Waals surface area contributed by atoms with Gasteiger partial charge in [0.15, 0.2) is 5.78 Å². The molecule has 44 heavy (non-hydrogen) atoms. The van der Waals surface area contributed by atoms with Crippen molar-refractivity contribution in [3.8, 4) is 5.69 Å². The van der Waals surface area contributed by atoms with Gasteiger partial charge < -0.3 is 19.1 Å². The average Bonchev–Trinajstić information content (AvgIpc) is 3.20. The molecule has 1 aliphatic heterocycles. The molecule has 0 aliphatic carbocycles.